The highest BCUT2D eigenvalue weighted by Crippen LogP contribution is 2.26. The zero-order valence-corrected chi connectivity index (χ0v) is 16.9. The molecule has 0 N–H and O–H groups in total. The molecule has 1 aliphatic rings. The van der Waals surface area contributed by atoms with Gasteiger partial charge in [0, 0.05) is 19.2 Å². The van der Waals surface area contributed by atoms with Gasteiger partial charge < -0.3 is 19.1 Å². The van der Waals surface area contributed by atoms with E-state index in [1.807, 2.05) is 11.0 Å². The summed E-state index contributed by atoms with van der Waals surface area (Å²) in [6.07, 6.45) is 3.01. The van der Waals surface area contributed by atoms with Crippen LogP contribution in [0.2, 0.25) is 0 Å². The first kappa shape index (κ1) is 20.7. The summed E-state index contributed by atoms with van der Waals surface area (Å²) in [4.78, 5) is 26.4. The highest BCUT2D eigenvalue weighted by molar-refractivity contribution is 5.92. The normalized spacial score (nSPS) is 14.3. The molecule has 154 valence electrons. The van der Waals surface area contributed by atoms with Gasteiger partial charge in [-0.2, -0.15) is 0 Å². The van der Waals surface area contributed by atoms with Crippen molar-refractivity contribution in [3.05, 3.63) is 59.7 Å². The summed E-state index contributed by atoms with van der Waals surface area (Å²) in [5, 5.41) is 0. The molecule has 3 rings (SSSR count). The Morgan fingerprint density at radius 3 is 2.41 bits per heavy atom. The van der Waals surface area contributed by atoms with E-state index in [9.17, 15) is 9.59 Å². The summed E-state index contributed by atoms with van der Waals surface area (Å²) in [7, 11) is 2.84. The standard InChI is InChI=1S/C23H27NO5/c1-27-19-8-9-20(23(26)28-2)21(15-19)29-16-22(25)24-12-10-18(11-13-24)14-17-6-4-3-5-7-17/h3-9,15,18H,10-14,16H2,1-2H3. The molecule has 6 heteroatoms. The van der Waals surface area contributed by atoms with Gasteiger partial charge >= 0.3 is 5.97 Å². The fraction of sp³-hybridized carbons (Fsp3) is 0.391. The fourth-order valence-corrected chi connectivity index (χ4v) is 3.59. The number of rotatable bonds is 7. The van der Waals surface area contributed by atoms with Crippen molar-refractivity contribution >= 4 is 11.9 Å². The molecule has 1 fully saturated rings. The van der Waals surface area contributed by atoms with Crippen LogP contribution in [0.1, 0.15) is 28.8 Å². The number of piperidine rings is 1. The number of ether oxygens (including phenoxy) is 3. The number of methoxy groups -OCH3 is 2. The molecular weight excluding hydrogens is 370 g/mol. The van der Waals surface area contributed by atoms with Crippen LogP contribution in [0.4, 0.5) is 0 Å². The average Bonchev–Trinajstić information content (AvgIpc) is 2.78. The molecule has 29 heavy (non-hydrogen) atoms. The third kappa shape index (κ3) is 5.50. The summed E-state index contributed by atoms with van der Waals surface area (Å²) in [5.74, 6) is 0.815. The predicted octanol–water partition coefficient (Wildman–Crippen LogP) is 3.34. The van der Waals surface area contributed by atoms with Crippen LogP contribution in [-0.4, -0.2) is 50.7 Å². The van der Waals surface area contributed by atoms with Crippen molar-refractivity contribution in [2.75, 3.05) is 33.9 Å². The summed E-state index contributed by atoms with van der Waals surface area (Å²) in [6, 6.07) is 15.3. The van der Waals surface area contributed by atoms with E-state index >= 15 is 0 Å². The van der Waals surface area contributed by atoms with E-state index in [-0.39, 0.29) is 23.8 Å². The molecular formula is C23H27NO5. The number of benzene rings is 2. The second-order valence-corrected chi connectivity index (χ2v) is 7.16. The molecule has 2 aromatic carbocycles. The molecule has 6 nitrogen and oxygen atoms in total. The summed E-state index contributed by atoms with van der Waals surface area (Å²) < 4.78 is 15.6. The molecule has 1 amide bonds. The number of nitrogens with zero attached hydrogens (tertiary/aromatic N) is 1. The van der Waals surface area contributed by atoms with Crippen molar-refractivity contribution < 1.29 is 23.8 Å². The van der Waals surface area contributed by atoms with Gasteiger partial charge in [0.25, 0.3) is 5.91 Å². The monoisotopic (exact) mass is 397 g/mol. The van der Waals surface area contributed by atoms with Crippen molar-refractivity contribution in [1.82, 2.24) is 4.90 Å². The van der Waals surface area contributed by atoms with Crippen molar-refractivity contribution in [3.8, 4) is 11.5 Å². The molecule has 0 aliphatic carbocycles. The Morgan fingerprint density at radius 1 is 1.03 bits per heavy atom. The van der Waals surface area contributed by atoms with Gasteiger partial charge in [-0.25, -0.2) is 4.79 Å². The van der Waals surface area contributed by atoms with Crippen LogP contribution < -0.4 is 9.47 Å². The van der Waals surface area contributed by atoms with Crippen LogP contribution in [-0.2, 0) is 16.0 Å². The number of esters is 1. The lowest BCUT2D eigenvalue weighted by Crippen LogP contribution is -2.41. The van der Waals surface area contributed by atoms with Crippen LogP contribution >= 0.6 is 0 Å². The number of hydrogen-bond donors (Lipinski definition) is 0. The van der Waals surface area contributed by atoms with Crippen LogP contribution in [0.25, 0.3) is 0 Å². The number of amides is 1. The van der Waals surface area contributed by atoms with Crippen molar-refractivity contribution in [3.63, 3.8) is 0 Å². The van der Waals surface area contributed by atoms with Crippen molar-refractivity contribution in [2.45, 2.75) is 19.3 Å². The summed E-state index contributed by atoms with van der Waals surface area (Å²) in [6.45, 7) is 1.32. The number of likely N-dealkylation sites (tertiary alicyclic amines) is 1. The molecule has 0 atom stereocenters. The first-order chi connectivity index (χ1) is 14.1. The smallest absolute Gasteiger partial charge is 0.341 e. The Bertz CT molecular complexity index is 828. The maximum Gasteiger partial charge on any atom is 0.341 e. The first-order valence-electron chi connectivity index (χ1n) is 9.81. The van der Waals surface area contributed by atoms with Crippen molar-refractivity contribution in [1.29, 1.82) is 0 Å². The van der Waals surface area contributed by atoms with E-state index in [2.05, 4.69) is 24.3 Å². The third-order valence-corrected chi connectivity index (χ3v) is 5.28. The molecule has 0 spiro atoms. The lowest BCUT2D eigenvalue weighted by atomic mass is 9.90. The molecule has 0 radical (unpaired) electrons. The largest absolute Gasteiger partial charge is 0.497 e. The van der Waals surface area contributed by atoms with E-state index in [4.69, 9.17) is 14.2 Å². The Balaban J connectivity index is 1.53. The average molecular weight is 397 g/mol. The van der Waals surface area contributed by atoms with Gasteiger partial charge in [0.1, 0.15) is 17.1 Å². The van der Waals surface area contributed by atoms with Crippen LogP contribution in [0.3, 0.4) is 0 Å². The van der Waals surface area contributed by atoms with Crippen LogP contribution in [0.5, 0.6) is 11.5 Å². The van der Waals surface area contributed by atoms with Gasteiger partial charge in [0.2, 0.25) is 0 Å². The van der Waals surface area contributed by atoms with Gasteiger partial charge in [-0.05, 0) is 42.9 Å². The second kappa shape index (κ2) is 9.96. The van der Waals surface area contributed by atoms with Gasteiger partial charge in [-0.1, -0.05) is 30.3 Å². The predicted molar refractivity (Wildman–Crippen MR) is 109 cm³/mol. The first-order valence-corrected chi connectivity index (χ1v) is 9.81. The molecule has 0 bridgehead atoms. The van der Waals surface area contributed by atoms with E-state index in [0.29, 0.717) is 11.7 Å². The molecule has 1 saturated heterocycles. The fourth-order valence-electron chi connectivity index (χ4n) is 3.59. The number of carbonyl (C=O) groups is 2. The molecule has 0 aromatic heterocycles. The minimum atomic E-state index is -0.517. The maximum atomic E-state index is 12.6. The zero-order chi connectivity index (χ0) is 20.6. The Labute approximate surface area is 171 Å². The third-order valence-electron chi connectivity index (χ3n) is 5.28. The van der Waals surface area contributed by atoms with Crippen LogP contribution in [0, 0.1) is 5.92 Å². The lowest BCUT2D eigenvalue weighted by molar-refractivity contribution is -0.134. The second-order valence-electron chi connectivity index (χ2n) is 7.16. The highest BCUT2D eigenvalue weighted by Gasteiger charge is 2.24. The molecule has 1 aliphatic heterocycles. The minimum Gasteiger partial charge on any atom is -0.497 e. The molecule has 1 heterocycles. The Hall–Kier alpha value is -3.02. The molecule has 0 saturated carbocycles. The minimum absolute atomic E-state index is 0.0817. The molecule has 2 aromatic rings. The quantitative estimate of drug-likeness (QED) is 0.671. The van der Waals surface area contributed by atoms with Gasteiger partial charge in [-0.3, -0.25) is 4.79 Å². The lowest BCUT2D eigenvalue weighted by Gasteiger charge is -2.32. The number of hydrogen-bond acceptors (Lipinski definition) is 5. The van der Waals surface area contributed by atoms with Gasteiger partial charge in [0.15, 0.2) is 6.61 Å². The summed E-state index contributed by atoms with van der Waals surface area (Å²) >= 11 is 0. The topological polar surface area (TPSA) is 65.1 Å². The zero-order valence-electron chi connectivity index (χ0n) is 16.9. The van der Waals surface area contributed by atoms with E-state index in [0.717, 1.165) is 32.4 Å². The van der Waals surface area contributed by atoms with E-state index < -0.39 is 5.97 Å². The van der Waals surface area contributed by atoms with E-state index in [1.165, 1.54) is 19.8 Å². The Kier molecular flexibility index (Phi) is 7.11. The Morgan fingerprint density at radius 2 is 1.76 bits per heavy atom. The number of carbonyl (C=O) groups excluding carboxylic acids is 2. The van der Waals surface area contributed by atoms with Crippen LogP contribution in [0.15, 0.2) is 48.5 Å². The SMILES string of the molecule is COC(=O)c1ccc(OC)cc1OCC(=O)N1CCC(Cc2ccccc2)CC1. The van der Waals surface area contributed by atoms with Crippen molar-refractivity contribution in [2.24, 2.45) is 5.92 Å². The molecule has 0 unspecified atom stereocenters. The van der Waals surface area contributed by atoms with Gasteiger partial charge in [-0.15, -0.1) is 0 Å². The summed E-state index contributed by atoms with van der Waals surface area (Å²) in [5.41, 5.74) is 1.61. The highest BCUT2D eigenvalue weighted by atomic mass is 16.5. The van der Waals surface area contributed by atoms with Gasteiger partial charge in [0.05, 0.1) is 14.2 Å². The maximum absolute atomic E-state index is 12.6. The van der Waals surface area contributed by atoms with E-state index in [1.54, 1.807) is 18.2 Å².